The molecule has 1 saturated heterocycles. The lowest BCUT2D eigenvalue weighted by atomic mass is 9.97. The van der Waals surface area contributed by atoms with E-state index in [9.17, 15) is 9.59 Å². The third kappa shape index (κ3) is 4.44. The Morgan fingerprint density at radius 2 is 1.96 bits per heavy atom. The molecule has 0 bridgehead atoms. The number of piperidine rings is 1. The van der Waals surface area contributed by atoms with Gasteiger partial charge in [-0.3, -0.25) is 4.79 Å². The smallest absolute Gasteiger partial charge is 0.336 e. The largest absolute Gasteiger partial charge is 0.427 e. The number of aryl methyl sites for hydroxylation is 2. The maximum absolute atomic E-state index is 12.3. The second kappa shape index (κ2) is 7.77. The Labute approximate surface area is 138 Å². The molecular weight excluding hydrogens is 292 g/mol. The lowest BCUT2D eigenvalue weighted by Gasteiger charge is -2.35. The van der Waals surface area contributed by atoms with E-state index in [4.69, 9.17) is 4.42 Å². The molecule has 2 heterocycles. The van der Waals surface area contributed by atoms with Crippen molar-refractivity contribution >= 4 is 5.91 Å². The summed E-state index contributed by atoms with van der Waals surface area (Å²) < 4.78 is 5.02. The molecule has 0 spiro atoms. The SMILES string of the molecule is Cc1cc(=O)oc(C)c1C(=O)NCCC[NH+]1[C@H](C)CCC[C@H]1C. The lowest BCUT2D eigenvalue weighted by molar-refractivity contribution is -0.951. The van der Waals surface area contributed by atoms with Gasteiger partial charge in [0.05, 0.1) is 24.2 Å². The molecule has 2 rings (SSSR count). The molecule has 0 radical (unpaired) electrons. The van der Waals surface area contributed by atoms with Gasteiger partial charge in [0.25, 0.3) is 5.91 Å². The van der Waals surface area contributed by atoms with E-state index in [-0.39, 0.29) is 5.91 Å². The highest BCUT2D eigenvalue weighted by atomic mass is 16.4. The highest BCUT2D eigenvalue weighted by Gasteiger charge is 2.27. The Morgan fingerprint density at radius 3 is 2.57 bits per heavy atom. The van der Waals surface area contributed by atoms with Crippen LogP contribution in [0, 0.1) is 13.8 Å². The number of likely N-dealkylation sites (tertiary alicyclic amines) is 1. The summed E-state index contributed by atoms with van der Waals surface area (Å²) in [5.74, 6) is 0.231. The molecule has 2 N–H and O–H groups in total. The predicted octanol–water partition coefficient (Wildman–Crippen LogP) is 1.22. The Morgan fingerprint density at radius 1 is 1.30 bits per heavy atom. The second-order valence-corrected chi connectivity index (χ2v) is 6.85. The minimum atomic E-state index is -0.409. The van der Waals surface area contributed by atoms with Crippen LogP contribution in [0.15, 0.2) is 15.3 Å². The second-order valence-electron chi connectivity index (χ2n) is 6.85. The maximum Gasteiger partial charge on any atom is 0.336 e. The summed E-state index contributed by atoms with van der Waals surface area (Å²) in [6.07, 6.45) is 4.89. The van der Waals surface area contributed by atoms with E-state index < -0.39 is 5.63 Å². The Hall–Kier alpha value is -1.62. The Balaban J connectivity index is 1.85. The minimum Gasteiger partial charge on any atom is -0.427 e. The third-order valence-corrected chi connectivity index (χ3v) is 5.03. The van der Waals surface area contributed by atoms with Crippen molar-refractivity contribution in [3.05, 3.63) is 33.4 Å². The number of hydrogen-bond acceptors (Lipinski definition) is 3. The maximum atomic E-state index is 12.3. The fourth-order valence-corrected chi connectivity index (χ4v) is 3.76. The summed E-state index contributed by atoms with van der Waals surface area (Å²) in [5.41, 5.74) is 0.741. The standard InChI is InChI=1S/C18H28N2O3/c1-12-11-16(21)23-15(4)17(12)18(22)19-9-6-10-20-13(2)7-5-8-14(20)3/h11,13-14H,5-10H2,1-4H3,(H,19,22)/p+1/t13-,14-/m1/s1. The minimum absolute atomic E-state index is 0.154. The van der Waals surface area contributed by atoms with Crippen LogP contribution in [0.25, 0.3) is 0 Å². The summed E-state index contributed by atoms with van der Waals surface area (Å²) in [6.45, 7) is 9.80. The number of quaternary nitrogens is 1. The van der Waals surface area contributed by atoms with Crippen molar-refractivity contribution in [2.45, 2.75) is 65.5 Å². The number of carbonyl (C=O) groups excluding carboxylic acids is 1. The summed E-state index contributed by atoms with van der Waals surface area (Å²) in [5, 5.41) is 2.96. The van der Waals surface area contributed by atoms with Gasteiger partial charge in [-0.25, -0.2) is 4.79 Å². The van der Waals surface area contributed by atoms with E-state index in [0.717, 1.165) is 13.0 Å². The van der Waals surface area contributed by atoms with E-state index in [1.807, 2.05) is 0 Å². The summed E-state index contributed by atoms with van der Waals surface area (Å²) in [6, 6.07) is 2.79. The van der Waals surface area contributed by atoms with E-state index >= 15 is 0 Å². The summed E-state index contributed by atoms with van der Waals surface area (Å²) >= 11 is 0. The first-order valence-corrected chi connectivity index (χ1v) is 8.65. The molecule has 1 fully saturated rings. The number of nitrogens with one attached hydrogen (secondary N) is 2. The zero-order valence-corrected chi connectivity index (χ0v) is 14.7. The number of amides is 1. The molecule has 0 aromatic carbocycles. The van der Waals surface area contributed by atoms with Crippen LogP contribution in [0.2, 0.25) is 0 Å². The number of rotatable bonds is 5. The molecule has 2 atom stereocenters. The molecule has 5 nitrogen and oxygen atoms in total. The monoisotopic (exact) mass is 321 g/mol. The molecule has 1 amide bonds. The fraction of sp³-hybridized carbons (Fsp3) is 0.667. The van der Waals surface area contributed by atoms with E-state index in [2.05, 4.69) is 19.2 Å². The molecular formula is C18H29N2O3+. The molecule has 1 aromatic heterocycles. The van der Waals surface area contributed by atoms with Crippen LogP contribution in [-0.2, 0) is 0 Å². The van der Waals surface area contributed by atoms with Gasteiger partial charge in [-0.2, -0.15) is 0 Å². The van der Waals surface area contributed by atoms with Crippen LogP contribution in [0.5, 0.6) is 0 Å². The Kier molecular flexibility index (Phi) is 5.99. The van der Waals surface area contributed by atoms with Crippen LogP contribution >= 0.6 is 0 Å². The van der Waals surface area contributed by atoms with Crippen molar-refractivity contribution in [3.8, 4) is 0 Å². The van der Waals surface area contributed by atoms with Gasteiger partial charge in [0.1, 0.15) is 5.76 Å². The molecule has 1 aliphatic heterocycles. The first kappa shape index (κ1) is 17.7. The van der Waals surface area contributed by atoms with Gasteiger partial charge in [0.2, 0.25) is 0 Å². The van der Waals surface area contributed by atoms with Gasteiger partial charge in [-0.1, -0.05) is 0 Å². The zero-order valence-electron chi connectivity index (χ0n) is 14.7. The zero-order chi connectivity index (χ0) is 17.0. The van der Waals surface area contributed by atoms with Crippen molar-refractivity contribution in [1.29, 1.82) is 0 Å². The molecule has 0 unspecified atom stereocenters. The van der Waals surface area contributed by atoms with Crippen LogP contribution < -0.4 is 15.8 Å². The van der Waals surface area contributed by atoms with Gasteiger partial charge >= 0.3 is 5.63 Å². The van der Waals surface area contributed by atoms with Crippen LogP contribution in [-0.4, -0.2) is 31.1 Å². The highest BCUT2D eigenvalue weighted by Crippen LogP contribution is 2.10. The molecule has 0 saturated carbocycles. The molecule has 128 valence electrons. The van der Waals surface area contributed by atoms with Crippen molar-refractivity contribution in [2.24, 2.45) is 0 Å². The van der Waals surface area contributed by atoms with Crippen molar-refractivity contribution in [3.63, 3.8) is 0 Å². The first-order chi connectivity index (χ1) is 10.9. The molecule has 23 heavy (non-hydrogen) atoms. The van der Waals surface area contributed by atoms with Crippen LogP contribution in [0.3, 0.4) is 0 Å². The van der Waals surface area contributed by atoms with E-state index in [1.54, 1.807) is 18.7 Å². The summed E-state index contributed by atoms with van der Waals surface area (Å²) in [7, 11) is 0. The highest BCUT2D eigenvalue weighted by molar-refractivity contribution is 5.96. The lowest BCUT2D eigenvalue weighted by Crippen LogP contribution is -3.19. The number of hydrogen-bond donors (Lipinski definition) is 2. The van der Waals surface area contributed by atoms with Crippen LogP contribution in [0.4, 0.5) is 0 Å². The molecule has 0 aliphatic carbocycles. The average molecular weight is 321 g/mol. The van der Waals surface area contributed by atoms with Crippen molar-refractivity contribution in [2.75, 3.05) is 13.1 Å². The first-order valence-electron chi connectivity index (χ1n) is 8.65. The Bertz CT molecular complexity index is 573. The quantitative estimate of drug-likeness (QED) is 0.802. The van der Waals surface area contributed by atoms with E-state index in [0.29, 0.717) is 35.5 Å². The molecule has 5 heteroatoms. The van der Waals surface area contributed by atoms with Crippen molar-refractivity contribution in [1.82, 2.24) is 5.32 Å². The van der Waals surface area contributed by atoms with Gasteiger partial charge in [-0.15, -0.1) is 0 Å². The molecule has 1 aliphatic rings. The predicted molar refractivity (Wildman–Crippen MR) is 90.0 cm³/mol. The van der Waals surface area contributed by atoms with Gasteiger partial charge in [-0.05, 0) is 52.5 Å². The van der Waals surface area contributed by atoms with Gasteiger partial charge < -0.3 is 14.6 Å². The van der Waals surface area contributed by atoms with Crippen molar-refractivity contribution < 1.29 is 14.1 Å². The average Bonchev–Trinajstić information content (AvgIpc) is 2.44. The number of carbonyl (C=O) groups is 1. The topological polar surface area (TPSA) is 63.8 Å². The van der Waals surface area contributed by atoms with Gasteiger partial charge in [0, 0.05) is 19.0 Å². The van der Waals surface area contributed by atoms with Crippen LogP contribution in [0.1, 0.15) is 61.2 Å². The summed E-state index contributed by atoms with van der Waals surface area (Å²) in [4.78, 5) is 25.2. The van der Waals surface area contributed by atoms with E-state index in [1.165, 1.54) is 25.3 Å². The van der Waals surface area contributed by atoms with Gasteiger partial charge in [0.15, 0.2) is 0 Å². The normalized spacial score (nSPS) is 22.1. The fourth-order valence-electron chi connectivity index (χ4n) is 3.76. The molecule has 1 aromatic rings. The third-order valence-electron chi connectivity index (χ3n) is 5.03.